The minimum atomic E-state index is -0.339. The number of hydrogen-bond donors (Lipinski definition) is 1. The number of rotatable bonds is 14. The molecule has 2 rings (SSSR count). The normalized spacial score (nSPS) is 13.8. The Labute approximate surface area is 226 Å². The number of ether oxygens (including phenoxy) is 1. The second-order valence-corrected chi connectivity index (χ2v) is 11.5. The van der Waals surface area contributed by atoms with E-state index < -0.39 is 0 Å². The van der Waals surface area contributed by atoms with E-state index in [0.29, 0.717) is 43.2 Å². The molecule has 0 saturated heterocycles. The Morgan fingerprint density at radius 2 is 1.76 bits per heavy atom. The summed E-state index contributed by atoms with van der Waals surface area (Å²) in [6.45, 7) is 10.2. The topological polar surface area (TPSA) is 88.6 Å². The zero-order valence-electron chi connectivity index (χ0n) is 23.3. The summed E-state index contributed by atoms with van der Waals surface area (Å²) in [7, 11) is 3.26. The van der Waals surface area contributed by atoms with E-state index in [2.05, 4.69) is 38.0 Å². The van der Waals surface area contributed by atoms with Gasteiger partial charge >= 0.3 is 5.97 Å². The highest BCUT2D eigenvalue weighted by Crippen LogP contribution is 2.21. The average Bonchev–Trinajstić information content (AvgIpc) is 3.32. The number of esters is 1. The maximum Gasteiger partial charge on any atom is 0.308 e. The second-order valence-electron chi connectivity index (χ2n) is 10.6. The molecule has 1 heterocycles. The summed E-state index contributed by atoms with van der Waals surface area (Å²) < 4.78 is 4.88. The van der Waals surface area contributed by atoms with Gasteiger partial charge in [-0.2, -0.15) is 0 Å². The van der Waals surface area contributed by atoms with Crippen LogP contribution in [0.2, 0.25) is 0 Å². The molecule has 0 aliphatic rings. The molecule has 8 heteroatoms. The van der Waals surface area contributed by atoms with Crippen LogP contribution in [0.5, 0.6) is 0 Å². The number of aryl methyl sites for hydroxylation is 1. The molecule has 1 aromatic carbocycles. The lowest BCUT2D eigenvalue weighted by atomic mass is 9.96. The molecule has 1 N–H and O–H groups in total. The molecule has 2 aromatic rings. The lowest BCUT2D eigenvalue weighted by Gasteiger charge is -2.32. The third-order valence-electron chi connectivity index (χ3n) is 6.58. The second kappa shape index (κ2) is 14.9. The van der Waals surface area contributed by atoms with Crippen LogP contribution >= 0.6 is 11.3 Å². The molecule has 0 saturated carbocycles. The molecule has 0 radical (unpaired) electrons. The van der Waals surface area contributed by atoms with Crippen molar-refractivity contribution in [3.05, 3.63) is 52.0 Å². The molecule has 0 aliphatic carbocycles. The quantitative estimate of drug-likeness (QED) is 0.342. The molecule has 0 fully saturated rings. The molecule has 37 heavy (non-hydrogen) atoms. The third-order valence-corrected chi connectivity index (χ3v) is 7.49. The number of aromatic nitrogens is 1. The maximum atomic E-state index is 13.1. The van der Waals surface area contributed by atoms with Crippen molar-refractivity contribution in [2.24, 2.45) is 17.8 Å². The summed E-state index contributed by atoms with van der Waals surface area (Å²) in [6.07, 6.45) is 3.11. The Morgan fingerprint density at radius 3 is 2.35 bits per heavy atom. The van der Waals surface area contributed by atoms with E-state index in [1.165, 1.54) is 18.4 Å². The summed E-state index contributed by atoms with van der Waals surface area (Å²) in [4.78, 5) is 44.2. The predicted molar refractivity (Wildman–Crippen MR) is 148 cm³/mol. The summed E-state index contributed by atoms with van der Waals surface area (Å²) in [6, 6.07) is 9.77. The van der Waals surface area contributed by atoms with Crippen LogP contribution in [0.4, 0.5) is 0 Å². The van der Waals surface area contributed by atoms with Gasteiger partial charge in [0.05, 0.1) is 18.0 Å². The molecule has 0 aliphatic heterocycles. The van der Waals surface area contributed by atoms with E-state index in [9.17, 15) is 14.4 Å². The number of nitrogens with zero attached hydrogens (tertiary/aromatic N) is 2. The van der Waals surface area contributed by atoms with Crippen LogP contribution in [0.3, 0.4) is 0 Å². The molecule has 2 amide bonds. The molecule has 3 atom stereocenters. The Kier molecular flexibility index (Phi) is 12.2. The SMILES string of the molecule is COC(=O)[C@@H](C)C[C@H](Cc1ccccc1)NC(=O)c1csc(CCC(C(C)C)N(C)C(=O)CC(C)C)n1. The van der Waals surface area contributed by atoms with E-state index in [1.54, 1.807) is 5.38 Å². The van der Waals surface area contributed by atoms with E-state index in [0.717, 1.165) is 17.0 Å². The van der Waals surface area contributed by atoms with Crippen LogP contribution < -0.4 is 5.32 Å². The highest BCUT2D eigenvalue weighted by Gasteiger charge is 2.25. The molecule has 0 spiro atoms. The highest BCUT2D eigenvalue weighted by molar-refractivity contribution is 7.09. The van der Waals surface area contributed by atoms with E-state index in [4.69, 9.17) is 4.74 Å². The van der Waals surface area contributed by atoms with Gasteiger partial charge in [0.1, 0.15) is 5.69 Å². The van der Waals surface area contributed by atoms with Gasteiger partial charge in [-0.25, -0.2) is 4.98 Å². The van der Waals surface area contributed by atoms with Crippen LogP contribution in [-0.4, -0.2) is 53.9 Å². The molecule has 1 aromatic heterocycles. The fraction of sp³-hybridized carbons (Fsp3) is 0.586. The third kappa shape index (κ3) is 9.91. The van der Waals surface area contributed by atoms with Crippen LogP contribution in [-0.2, 0) is 27.2 Å². The lowest BCUT2D eigenvalue weighted by Crippen LogP contribution is -2.41. The Morgan fingerprint density at radius 1 is 1.08 bits per heavy atom. The number of hydrogen-bond acceptors (Lipinski definition) is 6. The fourth-order valence-electron chi connectivity index (χ4n) is 4.53. The lowest BCUT2D eigenvalue weighted by molar-refractivity contribution is -0.145. The summed E-state index contributed by atoms with van der Waals surface area (Å²) >= 11 is 1.47. The molecule has 7 nitrogen and oxygen atoms in total. The standard InChI is InChI=1S/C29H43N3O4S/c1-19(2)15-27(33)32(6)25(20(3)4)13-14-26-31-24(18-37-26)28(34)30-23(16-21(5)29(35)36-7)17-22-11-9-8-10-12-22/h8-12,18-21,23,25H,13-17H2,1-7H3,(H,30,34)/t21-,23+,25?/m0/s1. The summed E-state index contributed by atoms with van der Waals surface area (Å²) in [5, 5.41) is 5.75. The van der Waals surface area contributed by atoms with Crippen molar-refractivity contribution in [2.45, 2.75) is 78.8 Å². The van der Waals surface area contributed by atoms with Gasteiger partial charge in [-0.3, -0.25) is 14.4 Å². The van der Waals surface area contributed by atoms with Crippen molar-refractivity contribution in [2.75, 3.05) is 14.2 Å². The van der Waals surface area contributed by atoms with Crippen LogP contribution in [0.15, 0.2) is 35.7 Å². The largest absolute Gasteiger partial charge is 0.469 e. The molecule has 204 valence electrons. The van der Waals surface area contributed by atoms with Crippen LogP contribution in [0.1, 0.15) is 74.9 Å². The Balaban J connectivity index is 2.05. The first-order chi connectivity index (χ1) is 17.5. The Bertz CT molecular complexity index is 1010. The van der Waals surface area contributed by atoms with Crippen molar-refractivity contribution in [1.29, 1.82) is 0 Å². The average molecular weight is 530 g/mol. The zero-order valence-corrected chi connectivity index (χ0v) is 24.1. The van der Waals surface area contributed by atoms with Gasteiger partial charge in [-0.1, -0.05) is 65.0 Å². The van der Waals surface area contributed by atoms with Crippen molar-refractivity contribution in [3.63, 3.8) is 0 Å². The van der Waals surface area contributed by atoms with Gasteiger partial charge in [-0.15, -0.1) is 11.3 Å². The number of carbonyl (C=O) groups excluding carboxylic acids is 3. The van der Waals surface area contributed by atoms with E-state index >= 15 is 0 Å². The van der Waals surface area contributed by atoms with Gasteiger partial charge in [0.25, 0.3) is 5.91 Å². The van der Waals surface area contributed by atoms with Crippen LogP contribution in [0, 0.1) is 17.8 Å². The van der Waals surface area contributed by atoms with E-state index in [-0.39, 0.29) is 35.8 Å². The fourth-order valence-corrected chi connectivity index (χ4v) is 5.32. The van der Waals surface area contributed by atoms with Gasteiger partial charge in [0, 0.05) is 37.4 Å². The van der Waals surface area contributed by atoms with Crippen molar-refractivity contribution in [3.8, 4) is 0 Å². The number of thiazole rings is 1. The molecule has 0 bridgehead atoms. The number of benzene rings is 1. The summed E-state index contributed by atoms with van der Waals surface area (Å²) in [5.74, 6) is -0.0691. The highest BCUT2D eigenvalue weighted by atomic mass is 32.1. The predicted octanol–water partition coefficient (Wildman–Crippen LogP) is 5.15. The van der Waals surface area contributed by atoms with Gasteiger partial charge in [0.2, 0.25) is 5.91 Å². The number of carbonyl (C=O) groups is 3. The van der Waals surface area contributed by atoms with E-state index in [1.807, 2.05) is 49.2 Å². The number of amides is 2. The minimum Gasteiger partial charge on any atom is -0.469 e. The smallest absolute Gasteiger partial charge is 0.308 e. The van der Waals surface area contributed by atoms with Crippen molar-refractivity contribution in [1.82, 2.24) is 15.2 Å². The molecular formula is C29H43N3O4S. The molecular weight excluding hydrogens is 486 g/mol. The van der Waals surface area contributed by atoms with Crippen LogP contribution in [0.25, 0.3) is 0 Å². The number of nitrogens with one attached hydrogen (secondary N) is 1. The first kappa shape index (κ1) is 30.5. The van der Waals surface area contributed by atoms with Crippen molar-refractivity contribution >= 4 is 29.1 Å². The van der Waals surface area contributed by atoms with Gasteiger partial charge in [-0.05, 0) is 36.7 Å². The van der Waals surface area contributed by atoms with Crippen molar-refractivity contribution < 1.29 is 19.1 Å². The first-order valence-electron chi connectivity index (χ1n) is 13.1. The summed E-state index contributed by atoms with van der Waals surface area (Å²) in [5.41, 5.74) is 1.47. The zero-order chi connectivity index (χ0) is 27.5. The minimum absolute atomic E-state index is 0.113. The van der Waals surface area contributed by atoms with Gasteiger partial charge < -0.3 is 15.0 Å². The van der Waals surface area contributed by atoms with Gasteiger partial charge in [0.15, 0.2) is 0 Å². The first-order valence-corrected chi connectivity index (χ1v) is 14.0. The maximum absolute atomic E-state index is 13.1. The number of methoxy groups -OCH3 is 1. The monoisotopic (exact) mass is 529 g/mol. The molecule has 1 unspecified atom stereocenters. The Hall–Kier alpha value is -2.74.